The Hall–Kier alpha value is -1.72. The molecule has 1 heterocycles. The second kappa shape index (κ2) is 3.34. The molecule has 0 bridgehead atoms. The Morgan fingerprint density at radius 3 is 2.69 bits per heavy atom. The van der Waals surface area contributed by atoms with Gasteiger partial charge in [0.2, 0.25) is 5.88 Å². The third kappa shape index (κ3) is 1.71. The summed E-state index contributed by atoms with van der Waals surface area (Å²) in [4.78, 5) is 12.8. The van der Waals surface area contributed by atoms with Crippen LogP contribution in [0.3, 0.4) is 0 Å². The molecule has 0 aromatic carbocycles. The van der Waals surface area contributed by atoms with Crippen molar-refractivity contribution in [1.29, 1.82) is 0 Å². The summed E-state index contributed by atoms with van der Waals surface area (Å²) >= 11 is 0. The highest BCUT2D eigenvalue weighted by Gasteiger charge is 2.20. The predicted octanol–water partition coefficient (Wildman–Crippen LogP) is 1.45. The van der Waals surface area contributed by atoms with Crippen molar-refractivity contribution >= 4 is 5.69 Å². The number of hydrogen-bond acceptors (Lipinski definition) is 4. The summed E-state index contributed by atoms with van der Waals surface area (Å²) < 4.78 is 17.6. The number of methoxy groups -OCH3 is 1. The quantitative estimate of drug-likeness (QED) is 0.398. The second-order valence-electron chi connectivity index (χ2n) is 2.38. The largest absolute Gasteiger partial charge is 0.481 e. The monoisotopic (exact) mass is 186 g/mol. The molecule has 0 amide bonds. The molecular formula is C7H7FN2O3. The minimum atomic E-state index is -1.12. The zero-order valence-corrected chi connectivity index (χ0v) is 7.07. The zero-order valence-electron chi connectivity index (χ0n) is 7.07. The van der Waals surface area contributed by atoms with E-state index in [4.69, 9.17) is 0 Å². The first kappa shape index (κ1) is 9.37. The van der Waals surface area contributed by atoms with Gasteiger partial charge < -0.3 is 4.74 Å². The molecule has 0 unspecified atom stereocenters. The Kier molecular flexibility index (Phi) is 2.41. The van der Waals surface area contributed by atoms with Crippen LogP contribution in [0.1, 0.15) is 5.56 Å². The zero-order chi connectivity index (χ0) is 10.0. The van der Waals surface area contributed by atoms with E-state index in [1.54, 1.807) is 0 Å². The van der Waals surface area contributed by atoms with E-state index in [9.17, 15) is 14.5 Å². The molecule has 1 aromatic heterocycles. The molecule has 0 aliphatic rings. The summed E-state index contributed by atoms with van der Waals surface area (Å²) in [7, 11) is 1.31. The van der Waals surface area contributed by atoms with Gasteiger partial charge in [0.1, 0.15) is 0 Å². The van der Waals surface area contributed by atoms with Crippen molar-refractivity contribution in [2.45, 2.75) is 6.92 Å². The Bertz CT molecular complexity index is 331. The molecule has 6 heteroatoms. The highest BCUT2D eigenvalue weighted by atomic mass is 19.1. The minimum absolute atomic E-state index is 0.0283. The Labute approximate surface area is 73.3 Å². The van der Waals surface area contributed by atoms with E-state index in [2.05, 4.69) is 9.72 Å². The molecule has 0 atom stereocenters. The van der Waals surface area contributed by atoms with Crippen LogP contribution in [0.4, 0.5) is 10.1 Å². The third-order valence-corrected chi connectivity index (χ3v) is 1.51. The van der Waals surface area contributed by atoms with Crippen LogP contribution in [-0.2, 0) is 0 Å². The van der Waals surface area contributed by atoms with Crippen molar-refractivity contribution in [1.82, 2.24) is 4.98 Å². The molecule has 5 nitrogen and oxygen atoms in total. The standard InChI is InChI=1S/C7H7FN2O3/c1-4-3-5(13-2)9-7(8)6(4)10(11)12/h3H,1-2H3. The number of ether oxygens (including phenoxy) is 1. The first-order valence-corrected chi connectivity index (χ1v) is 3.41. The lowest BCUT2D eigenvalue weighted by atomic mass is 10.2. The second-order valence-corrected chi connectivity index (χ2v) is 2.38. The molecule has 0 saturated carbocycles. The number of halogens is 1. The molecule has 0 N–H and O–H groups in total. The Morgan fingerprint density at radius 1 is 1.69 bits per heavy atom. The summed E-state index contributed by atoms with van der Waals surface area (Å²) in [5.41, 5.74) is -0.421. The Balaban J connectivity index is 3.31. The number of nitro groups is 1. The molecule has 0 aliphatic heterocycles. The van der Waals surface area contributed by atoms with Gasteiger partial charge in [0.05, 0.1) is 12.0 Å². The molecule has 0 aliphatic carbocycles. The fourth-order valence-corrected chi connectivity index (χ4v) is 0.922. The van der Waals surface area contributed by atoms with Crippen LogP contribution >= 0.6 is 0 Å². The summed E-state index contributed by atoms with van der Waals surface area (Å²) in [6.45, 7) is 1.42. The molecule has 1 aromatic rings. The van der Waals surface area contributed by atoms with Gasteiger partial charge in [-0.05, 0) is 6.92 Å². The average molecular weight is 186 g/mol. The van der Waals surface area contributed by atoms with Gasteiger partial charge in [-0.15, -0.1) is 0 Å². The molecular weight excluding hydrogens is 179 g/mol. The van der Waals surface area contributed by atoms with E-state index in [0.717, 1.165) is 0 Å². The van der Waals surface area contributed by atoms with E-state index in [0.29, 0.717) is 0 Å². The molecule has 1 rings (SSSR count). The lowest BCUT2D eigenvalue weighted by molar-refractivity contribution is -0.388. The first-order chi connectivity index (χ1) is 6.06. The van der Waals surface area contributed by atoms with Crippen LogP contribution < -0.4 is 4.74 Å². The van der Waals surface area contributed by atoms with Crippen LogP contribution in [0.25, 0.3) is 0 Å². The fraction of sp³-hybridized carbons (Fsp3) is 0.286. The van der Waals surface area contributed by atoms with Crippen LogP contribution in [0.15, 0.2) is 6.07 Å². The maximum atomic E-state index is 12.9. The lowest BCUT2D eigenvalue weighted by Gasteiger charge is -2.01. The van der Waals surface area contributed by atoms with Gasteiger partial charge in [-0.3, -0.25) is 10.1 Å². The van der Waals surface area contributed by atoms with Gasteiger partial charge in [0, 0.05) is 11.6 Å². The lowest BCUT2D eigenvalue weighted by Crippen LogP contribution is -2.00. The topological polar surface area (TPSA) is 65.3 Å². The van der Waals surface area contributed by atoms with E-state index >= 15 is 0 Å². The summed E-state index contributed by atoms with van der Waals surface area (Å²) in [5.74, 6) is -1.09. The maximum absolute atomic E-state index is 12.9. The molecule has 0 saturated heterocycles. The van der Waals surface area contributed by atoms with Gasteiger partial charge in [-0.25, -0.2) is 0 Å². The number of pyridine rings is 1. The molecule has 70 valence electrons. The van der Waals surface area contributed by atoms with E-state index < -0.39 is 16.6 Å². The van der Waals surface area contributed by atoms with Crippen molar-refractivity contribution in [3.63, 3.8) is 0 Å². The highest BCUT2D eigenvalue weighted by molar-refractivity contribution is 5.40. The summed E-state index contributed by atoms with van der Waals surface area (Å²) in [5, 5.41) is 10.3. The van der Waals surface area contributed by atoms with E-state index in [1.165, 1.54) is 20.1 Å². The van der Waals surface area contributed by atoms with Crippen LogP contribution in [0.2, 0.25) is 0 Å². The van der Waals surface area contributed by atoms with Crippen LogP contribution in [0, 0.1) is 23.0 Å². The first-order valence-electron chi connectivity index (χ1n) is 3.41. The minimum Gasteiger partial charge on any atom is -0.481 e. The van der Waals surface area contributed by atoms with Gasteiger partial charge >= 0.3 is 5.69 Å². The molecule has 0 radical (unpaired) electrons. The third-order valence-electron chi connectivity index (χ3n) is 1.51. The van der Waals surface area contributed by atoms with Crippen molar-refractivity contribution in [3.8, 4) is 5.88 Å². The summed E-state index contributed by atoms with van der Waals surface area (Å²) in [6.07, 6.45) is 0. The van der Waals surface area contributed by atoms with E-state index in [-0.39, 0.29) is 11.4 Å². The SMILES string of the molecule is COc1cc(C)c([N+](=O)[O-])c(F)n1. The maximum Gasteiger partial charge on any atom is 0.327 e. The number of aryl methyl sites for hydroxylation is 1. The normalized spacial score (nSPS) is 9.77. The number of nitrogens with zero attached hydrogens (tertiary/aromatic N) is 2. The molecule has 0 spiro atoms. The van der Waals surface area contributed by atoms with Gasteiger partial charge in [-0.2, -0.15) is 9.37 Å². The number of aromatic nitrogens is 1. The van der Waals surface area contributed by atoms with Crippen molar-refractivity contribution in [2.75, 3.05) is 7.11 Å². The van der Waals surface area contributed by atoms with Crippen molar-refractivity contribution in [3.05, 3.63) is 27.7 Å². The van der Waals surface area contributed by atoms with Crippen molar-refractivity contribution in [2.24, 2.45) is 0 Å². The van der Waals surface area contributed by atoms with Crippen molar-refractivity contribution < 1.29 is 14.1 Å². The highest BCUT2D eigenvalue weighted by Crippen LogP contribution is 2.23. The average Bonchev–Trinajstić information content (AvgIpc) is 2.02. The van der Waals surface area contributed by atoms with Gasteiger partial charge in [0.15, 0.2) is 0 Å². The van der Waals surface area contributed by atoms with Gasteiger partial charge in [-0.1, -0.05) is 0 Å². The van der Waals surface area contributed by atoms with E-state index in [1.807, 2.05) is 0 Å². The van der Waals surface area contributed by atoms with Crippen LogP contribution in [-0.4, -0.2) is 17.0 Å². The van der Waals surface area contributed by atoms with Gasteiger partial charge in [0.25, 0.3) is 5.95 Å². The Morgan fingerprint density at radius 2 is 2.31 bits per heavy atom. The number of hydrogen-bond donors (Lipinski definition) is 0. The van der Waals surface area contributed by atoms with Crippen LogP contribution in [0.5, 0.6) is 5.88 Å². The fourth-order valence-electron chi connectivity index (χ4n) is 0.922. The molecule has 0 fully saturated rings. The molecule has 13 heavy (non-hydrogen) atoms. The smallest absolute Gasteiger partial charge is 0.327 e. The predicted molar refractivity (Wildman–Crippen MR) is 42.1 cm³/mol. The summed E-state index contributed by atoms with van der Waals surface area (Å²) in [6, 6.07) is 1.31. The number of rotatable bonds is 2.